The van der Waals surface area contributed by atoms with Crippen LogP contribution >= 0.6 is 0 Å². The predicted octanol–water partition coefficient (Wildman–Crippen LogP) is 3.54. The van der Waals surface area contributed by atoms with E-state index in [2.05, 4.69) is 27.3 Å². The van der Waals surface area contributed by atoms with E-state index in [0.717, 1.165) is 12.8 Å². The average molecular weight is 343 g/mol. The third kappa shape index (κ3) is 7.02. The molecule has 0 aliphatic carbocycles. The quantitative estimate of drug-likeness (QED) is 0.532. The maximum absolute atomic E-state index is 12.6. The molecule has 0 amide bonds. The number of guanidine groups is 1. The predicted molar refractivity (Wildman–Crippen MR) is 91.9 cm³/mol. The zero-order valence-electron chi connectivity index (χ0n) is 14.7. The number of ether oxygens (including phenoxy) is 2. The Kier molecular flexibility index (Phi) is 8.89. The summed E-state index contributed by atoms with van der Waals surface area (Å²) in [5.41, 5.74) is 0.603. The number of alkyl halides is 2. The first-order chi connectivity index (χ1) is 11.5. The Bertz CT molecular complexity index is 525. The van der Waals surface area contributed by atoms with Crippen LogP contribution in [0.5, 0.6) is 11.5 Å². The van der Waals surface area contributed by atoms with Crippen LogP contribution in [-0.2, 0) is 6.54 Å². The van der Waals surface area contributed by atoms with Crippen molar-refractivity contribution >= 4 is 5.96 Å². The molecule has 0 saturated heterocycles. The molecule has 0 bridgehead atoms. The molecule has 2 N–H and O–H groups in total. The van der Waals surface area contributed by atoms with E-state index in [1.54, 1.807) is 19.2 Å². The lowest BCUT2D eigenvalue weighted by Gasteiger charge is -2.18. The van der Waals surface area contributed by atoms with E-state index in [1.807, 2.05) is 13.8 Å². The standard InChI is InChI=1S/C17H27F2N3O2/c1-5-9-23-14-8-7-13(15(10-14)24-16(18)19)11-21-17(20-4)22-12(3)6-2/h7-8,10,12,16H,5-6,9,11H2,1-4H3,(H2,20,21,22). The highest BCUT2D eigenvalue weighted by Gasteiger charge is 2.12. The van der Waals surface area contributed by atoms with E-state index in [0.29, 0.717) is 30.4 Å². The fourth-order valence-electron chi connectivity index (χ4n) is 1.91. The molecule has 1 aromatic carbocycles. The Hall–Kier alpha value is -2.05. The molecular formula is C17H27F2N3O2. The van der Waals surface area contributed by atoms with Crippen molar-refractivity contribution in [1.82, 2.24) is 10.6 Å². The van der Waals surface area contributed by atoms with Crippen molar-refractivity contribution in [3.63, 3.8) is 0 Å². The summed E-state index contributed by atoms with van der Waals surface area (Å²) in [6, 6.07) is 5.21. The summed E-state index contributed by atoms with van der Waals surface area (Å²) in [7, 11) is 1.66. The van der Waals surface area contributed by atoms with Gasteiger partial charge in [0.05, 0.1) is 6.61 Å². The fraction of sp³-hybridized carbons (Fsp3) is 0.588. The molecule has 0 radical (unpaired) electrons. The van der Waals surface area contributed by atoms with Gasteiger partial charge in [-0.1, -0.05) is 13.8 Å². The van der Waals surface area contributed by atoms with Crippen LogP contribution in [0.4, 0.5) is 8.78 Å². The number of halogens is 2. The monoisotopic (exact) mass is 343 g/mol. The number of aliphatic imine (C=N–C) groups is 1. The first-order valence-electron chi connectivity index (χ1n) is 8.17. The second kappa shape index (κ2) is 10.7. The number of nitrogens with one attached hydrogen (secondary N) is 2. The summed E-state index contributed by atoms with van der Waals surface area (Å²) in [6.45, 7) is 4.03. The molecule has 5 nitrogen and oxygen atoms in total. The zero-order valence-corrected chi connectivity index (χ0v) is 14.7. The summed E-state index contributed by atoms with van der Waals surface area (Å²) in [6.07, 6.45) is 1.79. The molecule has 0 aliphatic rings. The van der Waals surface area contributed by atoms with Crippen LogP contribution in [0, 0.1) is 0 Å². The molecule has 24 heavy (non-hydrogen) atoms. The van der Waals surface area contributed by atoms with E-state index in [9.17, 15) is 8.78 Å². The van der Waals surface area contributed by atoms with Gasteiger partial charge in [-0.05, 0) is 31.9 Å². The minimum atomic E-state index is -2.89. The van der Waals surface area contributed by atoms with Gasteiger partial charge in [0.2, 0.25) is 0 Å². The molecule has 0 aromatic heterocycles. The molecule has 1 rings (SSSR count). The van der Waals surface area contributed by atoms with Crippen LogP contribution in [0.1, 0.15) is 39.2 Å². The summed E-state index contributed by atoms with van der Waals surface area (Å²) in [5.74, 6) is 1.22. The molecular weight excluding hydrogens is 316 g/mol. The van der Waals surface area contributed by atoms with Crippen LogP contribution in [0.15, 0.2) is 23.2 Å². The molecule has 1 aromatic rings. The molecule has 0 spiro atoms. The highest BCUT2D eigenvalue weighted by molar-refractivity contribution is 5.80. The normalized spacial score (nSPS) is 12.9. The van der Waals surface area contributed by atoms with Crippen LogP contribution in [0.2, 0.25) is 0 Å². The SMILES string of the molecule is CCCOc1ccc(CNC(=NC)NC(C)CC)c(OC(F)F)c1. The van der Waals surface area contributed by atoms with Crippen molar-refractivity contribution in [1.29, 1.82) is 0 Å². The molecule has 1 atom stereocenters. The minimum absolute atomic E-state index is 0.102. The van der Waals surface area contributed by atoms with Crippen molar-refractivity contribution in [2.75, 3.05) is 13.7 Å². The van der Waals surface area contributed by atoms with E-state index in [4.69, 9.17) is 4.74 Å². The Labute approximate surface area is 142 Å². The van der Waals surface area contributed by atoms with Crippen molar-refractivity contribution in [2.45, 2.75) is 52.8 Å². The van der Waals surface area contributed by atoms with Gasteiger partial charge in [0.15, 0.2) is 5.96 Å². The van der Waals surface area contributed by atoms with Crippen LogP contribution in [0.3, 0.4) is 0 Å². The Morgan fingerprint density at radius 3 is 2.62 bits per heavy atom. The van der Waals surface area contributed by atoms with E-state index < -0.39 is 6.61 Å². The van der Waals surface area contributed by atoms with Gasteiger partial charge in [0.25, 0.3) is 0 Å². The topological polar surface area (TPSA) is 54.9 Å². The lowest BCUT2D eigenvalue weighted by Crippen LogP contribution is -2.41. The summed E-state index contributed by atoms with van der Waals surface area (Å²) in [4.78, 5) is 4.12. The Balaban J connectivity index is 2.81. The van der Waals surface area contributed by atoms with Gasteiger partial charge in [-0.3, -0.25) is 4.99 Å². The van der Waals surface area contributed by atoms with Crippen LogP contribution < -0.4 is 20.1 Å². The van der Waals surface area contributed by atoms with E-state index >= 15 is 0 Å². The molecule has 0 saturated carbocycles. The van der Waals surface area contributed by atoms with Gasteiger partial charge in [-0.2, -0.15) is 8.78 Å². The number of hydrogen-bond acceptors (Lipinski definition) is 3. The Morgan fingerprint density at radius 1 is 1.29 bits per heavy atom. The van der Waals surface area contributed by atoms with E-state index in [1.165, 1.54) is 6.07 Å². The molecule has 0 aliphatic heterocycles. The average Bonchev–Trinajstić information content (AvgIpc) is 2.56. The van der Waals surface area contributed by atoms with E-state index in [-0.39, 0.29) is 11.8 Å². The Morgan fingerprint density at radius 2 is 2.04 bits per heavy atom. The van der Waals surface area contributed by atoms with Gasteiger partial charge in [-0.15, -0.1) is 0 Å². The second-order valence-electron chi connectivity index (χ2n) is 5.38. The zero-order chi connectivity index (χ0) is 17.9. The minimum Gasteiger partial charge on any atom is -0.493 e. The van der Waals surface area contributed by atoms with Crippen molar-refractivity contribution < 1.29 is 18.3 Å². The summed E-state index contributed by atoms with van der Waals surface area (Å²) in [5, 5.41) is 6.31. The third-order valence-corrected chi connectivity index (χ3v) is 3.39. The smallest absolute Gasteiger partial charge is 0.387 e. The van der Waals surface area contributed by atoms with Crippen LogP contribution in [-0.4, -0.2) is 32.3 Å². The largest absolute Gasteiger partial charge is 0.493 e. The van der Waals surface area contributed by atoms with Gasteiger partial charge in [-0.25, -0.2) is 0 Å². The lowest BCUT2D eigenvalue weighted by molar-refractivity contribution is -0.0505. The number of benzene rings is 1. The van der Waals surface area contributed by atoms with Crippen molar-refractivity contribution in [3.8, 4) is 11.5 Å². The summed E-state index contributed by atoms with van der Waals surface area (Å²) < 4.78 is 35.4. The maximum Gasteiger partial charge on any atom is 0.387 e. The lowest BCUT2D eigenvalue weighted by atomic mass is 10.2. The van der Waals surface area contributed by atoms with Crippen molar-refractivity contribution in [3.05, 3.63) is 23.8 Å². The first-order valence-corrected chi connectivity index (χ1v) is 8.17. The third-order valence-electron chi connectivity index (χ3n) is 3.39. The van der Waals surface area contributed by atoms with Gasteiger partial charge >= 0.3 is 6.61 Å². The van der Waals surface area contributed by atoms with Gasteiger partial charge < -0.3 is 20.1 Å². The number of hydrogen-bond donors (Lipinski definition) is 2. The fourth-order valence-corrected chi connectivity index (χ4v) is 1.91. The molecule has 136 valence electrons. The summed E-state index contributed by atoms with van der Waals surface area (Å²) >= 11 is 0. The molecule has 1 unspecified atom stereocenters. The highest BCUT2D eigenvalue weighted by atomic mass is 19.3. The van der Waals surface area contributed by atoms with Crippen LogP contribution in [0.25, 0.3) is 0 Å². The highest BCUT2D eigenvalue weighted by Crippen LogP contribution is 2.26. The first kappa shape index (κ1) is 20.0. The second-order valence-corrected chi connectivity index (χ2v) is 5.38. The molecule has 0 heterocycles. The molecule has 7 heteroatoms. The van der Waals surface area contributed by atoms with Crippen molar-refractivity contribution in [2.24, 2.45) is 4.99 Å². The number of rotatable bonds is 9. The molecule has 0 fully saturated rings. The van der Waals surface area contributed by atoms with Gasteiger partial charge in [0, 0.05) is 31.3 Å². The maximum atomic E-state index is 12.6. The van der Waals surface area contributed by atoms with Gasteiger partial charge in [0.1, 0.15) is 11.5 Å². The number of nitrogens with zero attached hydrogens (tertiary/aromatic N) is 1.